The average molecular weight is 463 g/mol. The van der Waals surface area contributed by atoms with E-state index in [0.29, 0.717) is 11.1 Å². The van der Waals surface area contributed by atoms with Crippen molar-refractivity contribution >= 4 is 11.8 Å². The molecule has 0 heterocycles. The number of benzene rings is 3. The number of hydrogen-bond acceptors (Lipinski definition) is 6. The molecule has 2 unspecified atom stereocenters. The number of nitrogens with zero attached hydrogens (tertiary/aromatic N) is 1. The van der Waals surface area contributed by atoms with Crippen molar-refractivity contribution in [3.8, 4) is 11.1 Å². The van der Waals surface area contributed by atoms with E-state index >= 15 is 0 Å². The van der Waals surface area contributed by atoms with Crippen LogP contribution in [0.2, 0.25) is 0 Å². The number of aliphatic hydroxyl groups excluding tert-OH is 2. The Hall–Kier alpha value is -3.75. The minimum absolute atomic E-state index is 0.0454. The van der Waals surface area contributed by atoms with Crippen LogP contribution in [-0.4, -0.2) is 40.5 Å². The quantitative estimate of drug-likeness (QED) is 0.340. The van der Waals surface area contributed by atoms with Crippen molar-refractivity contribution in [3.05, 3.63) is 99.1 Å². The number of alkyl carbamates (subject to hydrolysis) is 1. The van der Waals surface area contributed by atoms with E-state index < -0.39 is 23.2 Å². The van der Waals surface area contributed by atoms with Gasteiger partial charge < -0.3 is 20.3 Å². The van der Waals surface area contributed by atoms with Gasteiger partial charge in [-0.2, -0.15) is 0 Å². The number of aryl methyl sites for hydroxylation is 1. The third-order valence-corrected chi connectivity index (χ3v) is 6.18. The van der Waals surface area contributed by atoms with Crippen LogP contribution in [0.15, 0.2) is 66.7 Å². The van der Waals surface area contributed by atoms with Gasteiger partial charge in [0.2, 0.25) is 0 Å². The molecule has 4 rings (SSSR count). The molecule has 0 aliphatic heterocycles. The van der Waals surface area contributed by atoms with Crippen LogP contribution in [-0.2, 0) is 4.74 Å². The number of amides is 1. The number of carbonyl (C=O) groups excluding carboxylic acids is 1. The van der Waals surface area contributed by atoms with Crippen LogP contribution in [0.25, 0.3) is 11.1 Å². The highest BCUT2D eigenvalue weighted by atomic mass is 16.6. The van der Waals surface area contributed by atoms with E-state index in [1.165, 1.54) is 18.2 Å². The summed E-state index contributed by atoms with van der Waals surface area (Å²) in [5, 5.41) is 34.2. The zero-order valence-corrected chi connectivity index (χ0v) is 18.7. The summed E-state index contributed by atoms with van der Waals surface area (Å²) < 4.78 is 5.46. The molecule has 3 aromatic rings. The van der Waals surface area contributed by atoms with E-state index in [2.05, 4.69) is 17.4 Å². The molecule has 3 N–H and O–H groups in total. The van der Waals surface area contributed by atoms with Gasteiger partial charge >= 0.3 is 6.09 Å². The van der Waals surface area contributed by atoms with Crippen LogP contribution in [0.1, 0.15) is 40.7 Å². The van der Waals surface area contributed by atoms with Gasteiger partial charge in [-0.25, -0.2) is 4.79 Å². The highest BCUT2D eigenvalue weighted by molar-refractivity contribution is 5.79. The minimum Gasteiger partial charge on any atom is -0.449 e. The van der Waals surface area contributed by atoms with Crippen molar-refractivity contribution in [3.63, 3.8) is 0 Å². The van der Waals surface area contributed by atoms with Crippen LogP contribution < -0.4 is 5.32 Å². The maximum Gasteiger partial charge on any atom is 0.407 e. The molecule has 0 aromatic heterocycles. The molecular formula is C26H26N2O6. The second kappa shape index (κ2) is 10.0. The van der Waals surface area contributed by atoms with Gasteiger partial charge in [-0.05, 0) is 53.3 Å². The Morgan fingerprint density at radius 2 is 1.68 bits per heavy atom. The number of nitro benzene ring substituents is 1. The smallest absolute Gasteiger partial charge is 0.407 e. The highest BCUT2D eigenvalue weighted by Crippen LogP contribution is 2.44. The Bertz CT molecular complexity index is 1170. The molecule has 0 radical (unpaired) electrons. The third kappa shape index (κ3) is 4.78. The molecule has 0 fully saturated rings. The first-order valence-corrected chi connectivity index (χ1v) is 11.1. The molecule has 0 saturated heterocycles. The lowest BCUT2D eigenvalue weighted by Crippen LogP contribution is -2.30. The number of nitro groups is 1. The average Bonchev–Trinajstić information content (AvgIpc) is 3.15. The molecular weight excluding hydrogens is 436 g/mol. The van der Waals surface area contributed by atoms with E-state index in [1.54, 1.807) is 6.92 Å². The third-order valence-electron chi connectivity index (χ3n) is 6.18. The van der Waals surface area contributed by atoms with Gasteiger partial charge in [-0.1, -0.05) is 48.5 Å². The fourth-order valence-electron chi connectivity index (χ4n) is 4.42. The largest absolute Gasteiger partial charge is 0.449 e. The molecule has 176 valence electrons. The molecule has 8 heteroatoms. The van der Waals surface area contributed by atoms with Gasteiger partial charge in [0, 0.05) is 24.1 Å². The summed E-state index contributed by atoms with van der Waals surface area (Å²) in [5.41, 5.74) is 5.24. The summed E-state index contributed by atoms with van der Waals surface area (Å²) in [7, 11) is 0. The van der Waals surface area contributed by atoms with Crippen molar-refractivity contribution in [1.82, 2.24) is 5.32 Å². The Morgan fingerprint density at radius 3 is 2.26 bits per heavy atom. The van der Waals surface area contributed by atoms with Crippen LogP contribution >= 0.6 is 0 Å². The first kappa shape index (κ1) is 23.4. The second-order valence-electron chi connectivity index (χ2n) is 8.36. The molecule has 0 saturated carbocycles. The number of fused-ring (bicyclic) bond motifs is 3. The van der Waals surface area contributed by atoms with Gasteiger partial charge in [0.05, 0.1) is 11.0 Å². The summed E-state index contributed by atoms with van der Waals surface area (Å²) in [6.45, 7) is 1.85. The first-order valence-electron chi connectivity index (χ1n) is 11.1. The zero-order chi connectivity index (χ0) is 24.2. The van der Waals surface area contributed by atoms with Crippen molar-refractivity contribution in [2.24, 2.45) is 0 Å². The Labute approximate surface area is 197 Å². The SMILES string of the molecule is Cc1cc(C(O)C(O)CCNC(=O)OCC2c3ccccc3-c3ccccc32)ccc1[N+](=O)[O-]. The number of rotatable bonds is 8. The summed E-state index contributed by atoms with van der Waals surface area (Å²) in [4.78, 5) is 22.7. The molecule has 8 nitrogen and oxygen atoms in total. The summed E-state index contributed by atoms with van der Waals surface area (Å²) >= 11 is 0. The summed E-state index contributed by atoms with van der Waals surface area (Å²) in [6.07, 6.45) is -2.91. The lowest BCUT2D eigenvalue weighted by Gasteiger charge is -2.19. The Morgan fingerprint density at radius 1 is 1.06 bits per heavy atom. The van der Waals surface area contributed by atoms with Gasteiger partial charge in [-0.3, -0.25) is 10.1 Å². The molecule has 3 aromatic carbocycles. The Balaban J connectivity index is 1.28. The van der Waals surface area contributed by atoms with Crippen LogP contribution in [0.5, 0.6) is 0 Å². The maximum atomic E-state index is 12.2. The van der Waals surface area contributed by atoms with Crippen molar-refractivity contribution < 1.29 is 24.7 Å². The van der Waals surface area contributed by atoms with E-state index in [9.17, 15) is 25.1 Å². The number of nitrogens with one attached hydrogen (secondary N) is 1. The van der Waals surface area contributed by atoms with Gasteiger partial charge in [0.15, 0.2) is 0 Å². The van der Waals surface area contributed by atoms with E-state index in [-0.39, 0.29) is 31.2 Å². The minimum atomic E-state index is -1.23. The predicted octanol–water partition coefficient (Wildman–Crippen LogP) is 4.23. The van der Waals surface area contributed by atoms with Gasteiger partial charge in [0.25, 0.3) is 5.69 Å². The predicted molar refractivity (Wildman–Crippen MR) is 126 cm³/mol. The standard InChI is InChI=1S/C26H26N2O6/c1-16-14-17(10-11-23(16)28(32)33)25(30)24(29)12-13-27-26(31)34-15-22-20-8-4-2-6-18(20)19-7-3-5-9-21(19)22/h2-11,14,22,24-25,29-30H,12-13,15H2,1H3,(H,27,31). The zero-order valence-electron chi connectivity index (χ0n) is 18.7. The monoisotopic (exact) mass is 462 g/mol. The number of aliphatic hydroxyl groups is 2. The van der Waals surface area contributed by atoms with Crippen molar-refractivity contribution in [2.45, 2.75) is 31.5 Å². The lowest BCUT2D eigenvalue weighted by atomic mass is 9.98. The van der Waals surface area contributed by atoms with Crippen LogP contribution in [0.4, 0.5) is 10.5 Å². The molecule has 1 aliphatic rings. The van der Waals surface area contributed by atoms with Gasteiger partial charge in [-0.15, -0.1) is 0 Å². The summed E-state index contributed by atoms with van der Waals surface area (Å²) in [5.74, 6) is -0.0454. The number of carbonyl (C=O) groups is 1. The second-order valence-corrected chi connectivity index (χ2v) is 8.36. The van der Waals surface area contributed by atoms with Crippen LogP contribution in [0, 0.1) is 17.0 Å². The molecule has 1 amide bonds. The fourth-order valence-corrected chi connectivity index (χ4v) is 4.42. The fraction of sp³-hybridized carbons (Fsp3) is 0.269. The van der Waals surface area contributed by atoms with Gasteiger partial charge in [0.1, 0.15) is 12.7 Å². The normalized spacial score (nSPS) is 14.1. The van der Waals surface area contributed by atoms with E-state index in [4.69, 9.17) is 4.74 Å². The maximum absolute atomic E-state index is 12.2. The topological polar surface area (TPSA) is 122 Å². The van der Waals surface area contributed by atoms with E-state index in [1.807, 2.05) is 36.4 Å². The molecule has 0 spiro atoms. The highest BCUT2D eigenvalue weighted by Gasteiger charge is 2.29. The van der Waals surface area contributed by atoms with E-state index in [0.717, 1.165) is 22.3 Å². The van der Waals surface area contributed by atoms with Crippen molar-refractivity contribution in [1.29, 1.82) is 0 Å². The van der Waals surface area contributed by atoms with Crippen LogP contribution in [0.3, 0.4) is 0 Å². The number of ether oxygens (including phenoxy) is 1. The Kier molecular flexibility index (Phi) is 6.90. The first-order chi connectivity index (χ1) is 16.4. The molecule has 34 heavy (non-hydrogen) atoms. The molecule has 1 aliphatic carbocycles. The molecule has 0 bridgehead atoms. The van der Waals surface area contributed by atoms with Crippen molar-refractivity contribution in [2.75, 3.05) is 13.2 Å². The summed E-state index contributed by atoms with van der Waals surface area (Å²) in [6, 6.07) is 20.3. The lowest BCUT2D eigenvalue weighted by molar-refractivity contribution is -0.385. The number of hydrogen-bond donors (Lipinski definition) is 3. The molecule has 2 atom stereocenters.